The molecule has 0 aliphatic heterocycles. The van der Waals surface area contributed by atoms with Crippen LogP contribution in [0.25, 0.3) is 0 Å². The number of nitrogens with one attached hydrogen (secondary N) is 1. The van der Waals surface area contributed by atoms with Gasteiger partial charge < -0.3 is 4.74 Å². The zero-order valence-corrected chi connectivity index (χ0v) is 15.8. The summed E-state index contributed by atoms with van der Waals surface area (Å²) < 4.78 is 6.00. The SMILES string of the molecule is Cc1ccc(C(=O)c2cc(Br)sc2NC(=O)OC(C)(C)C)cc1. The van der Waals surface area contributed by atoms with Gasteiger partial charge in [0.2, 0.25) is 0 Å². The van der Waals surface area contributed by atoms with Crippen LogP contribution >= 0.6 is 27.3 Å². The Morgan fingerprint density at radius 3 is 2.35 bits per heavy atom. The molecule has 0 aliphatic carbocycles. The number of halogens is 1. The van der Waals surface area contributed by atoms with Gasteiger partial charge in [-0.1, -0.05) is 29.8 Å². The van der Waals surface area contributed by atoms with Crippen LogP contribution in [0, 0.1) is 6.92 Å². The first-order valence-corrected chi connectivity index (χ1v) is 8.67. The summed E-state index contributed by atoms with van der Waals surface area (Å²) in [7, 11) is 0. The van der Waals surface area contributed by atoms with Crippen LogP contribution in [0.15, 0.2) is 34.1 Å². The number of carbonyl (C=O) groups is 2. The number of aryl methyl sites for hydroxylation is 1. The van der Waals surface area contributed by atoms with Crippen LogP contribution in [0.3, 0.4) is 0 Å². The topological polar surface area (TPSA) is 55.4 Å². The second-order valence-corrected chi connectivity index (χ2v) is 8.55. The first-order chi connectivity index (χ1) is 10.7. The summed E-state index contributed by atoms with van der Waals surface area (Å²) in [5.74, 6) is -0.141. The molecule has 0 spiro atoms. The van der Waals surface area contributed by atoms with Gasteiger partial charge in [0.1, 0.15) is 10.6 Å². The zero-order valence-electron chi connectivity index (χ0n) is 13.4. The van der Waals surface area contributed by atoms with Gasteiger partial charge in [-0.05, 0) is 49.7 Å². The molecule has 0 aliphatic rings. The van der Waals surface area contributed by atoms with E-state index in [0.717, 1.165) is 9.35 Å². The van der Waals surface area contributed by atoms with Gasteiger partial charge in [-0.15, -0.1) is 11.3 Å². The fourth-order valence-electron chi connectivity index (χ4n) is 1.88. The van der Waals surface area contributed by atoms with Crippen LogP contribution in [-0.2, 0) is 4.74 Å². The molecule has 2 rings (SSSR count). The molecule has 0 fully saturated rings. The van der Waals surface area contributed by atoms with Gasteiger partial charge in [-0.3, -0.25) is 10.1 Å². The maximum atomic E-state index is 12.7. The fourth-order valence-corrected chi connectivity index (χ4v) is 3.36. The highest BCUT2D eigenvalue weighted by molar-refractivity contribution is 9.11. The van der Waals surface area contributed by atoms with Crippen molar-refractivity contribution in [3.05, 3.63) is 50.8 Å². The lowest BCUT2D eigenvalue weighted by Gasteiger charge is -2.19. The average Bonchev–Trinajstić information content (AvgIpc) is 2.77. The Hall–Kier alpha value is -1.66. The van der Waals surface area contributed by atoms with Gasteiger partial charge >= 0.3 is 6.09 Å². The fraction of sp³-hybridized carbons (Fsp3) is 0.294. The Morgan fingerprint density at radius 2 is 1.78 bits per heavy atom. The van der Waals surface area contributed by atoms with E-state index < -0.39 is 11.7 Å². The number of rotatable bonds is 3. The van der Waals surface area contributed by atoms with Gasteiger partial charge in [0.25, 0.3) is 0 Å². The van der Waals surface area contributed by atoms with Crippen molar-refractivity contribution in [2.45, 2.75) is 33.3 Å². The highest BCUT2D eigenvalue weighted by Crippen LogP contribution is 2.34. The molecule has 0 saturated carbocycles. The Balaban J connectivity index is 2.25. The largest absolute Gasteiger partial charge is 0.444 e. The maximum Gasteiger partial charge on any atom is 0.412 e. The van der Waals surface area contributed by atoms with E-state index in [9.17, 15) is 9.59 Å². The molecule has 1 heterocycles. The van der Waals surface area contributed by atoms with Crippen LogP contribution in [0.4, 0.5) is 9.80 Å². The monoisotopic (exact) mass is 395 g/mol. The molecule has 0 unspecified atom stereocenters. The van der Waals surface area contributed by atoms with Gasteiger partial charge in [0, 0.05) is 5.56 Å². The van der Waals surface area contributed by atoms with E-state index in [4.69, 9.17) is 4.74 Å². The maximum absolute atomic E-state index is 12.7. The third-order valence-electron chi connectivity index (χ3n) is 2.87. The highest BCUT2D eigenvalue weighted by Gasteiger charge is 2.21. The van der Waals surface area contributed by atoms with E-state index in [1.807, 2.05) is 19.1 Å². The van der Waals surface area contributed by atoms with Crippen molar-refractivity contribution in [3.63, 3.8) is 0 Å². The van der Waals surface area contributed by atoms with Crippen molar-refractivity contribution in [2.75, 3.05) is 5.32 Å². The molecular weight excluding hydrogens is 378 g/mol. The van der Waals surface area contributed by atoms with Crippen molar-refractivity contribution in [2.24, 2.45) is 0 Å². The van der Waals surface area contributed by atoms with Crippen LogP contribution < -0.4 is 5.32 Å². The Morgan fingerprint density at radius 1 is 1.17 bits per heavy atom. The van der Waals surface area contributed by atoms with Crippen molar-refractivity contribution in [1.29, 1.82) is 0 Å². The van der Waals surface area contributed by atoms with Crippen molar-refractivity contribution < 1.29 is 14.3 Å². The van der Waals surface area contributed by atoms with E-state index in [-0.39, 0.29) is 5.78 Å². The summed E-state index contributed by atoms with van der Waals surface area (Å²) in [5.41, 5.74) is 1.50. The number of benzene rings is 1. The molecule has 0 radical (unpaired) electrons. The lowest BCUT2D eigenvalue weighted by atomic mass is 10.0. The summed E-state index contributed by atoms with van der Waals surface area (Å²) in [6, 6.07) is 9.03. The Kier molecular flexibility index (Phi) is 5.26. The molecule has 6 heteroatoms. The molecule has 2 aromatic rings. The number of thiophene rings is 1. The molecule has 4 nitrogen and oxygen atoms in total. The molecule has 0 bridgehead atoms. The van der Waals surface area contributed by atoms with Gasteiger partial charge in [-0.25, -0.2) is 4.79 Å². The number of amides is 1. The smallest absolute Gasteiger partial charge is 0.412 e. The molecule has 122 valence electrons. The summed E-state index contributed by atoms with van der Waals surface area (Å²) in [6.07, 6.45) is -0.579. The quantitative estimate of drug-likeness (QED) is 0.707. The van der Waals surface area contributed by atoms with Gasteiger partial charge in [0.05, 0.1) is 9.35 Å². The second-order valence-electron chi connectivity index (χ2n) is 6.12. The molecule has 0 saturated heterocycles. The lowest BCUT2D eigenvalue weighted by Crippen LogP contribution is -2.27. The van der Waals surface area contributed by atoms with E-state index in [2.05, 4.69) is 21.2 Å². The molecule has 23 heavy (non-hydrogen) atoms. The summed E-state index contributed by atoms with van der Waals surface area (Å²) in [6.45, 7) is 7.32. The summed E-state index contributed by atoms with van der Waals surface area (Å²) in [5, 5.41) is 3.13. The third-order valence-corrected chi connectivity index (χ3v) is 4.43. The van der Waals surface area contributed by atoms with Crippen molar-refractivity contribution in [3.8, 4) is 0 Å². The Bertz CT molecular complexity index is 729. The predicted molar refractivity (Wildman–Crippen MR) is 96.5 cm³/mol. The van der Waals surface area contributed by atoms with E-state index in [0.29, 0.717) is 16.1 Å². The molecule has 1 aromatic heterocycles. The number of carbonyl (C=O) groups excluding carboxylic acids is 2. The molecular formula is C17H18BrNO3S. The number of hydrogen-bond acceptors (Lipinski definition) is 4. The Labute approximate surface area is 148 Å². The van der Waals surface area contributed by atoms with Gasteiger partial charge in [-0.2, -0.15) is 0 Å². The van der Waals surface area contributed by atoms with Crippen molar-refractivity contribution >= 4 is 44.1 Å². The molecule has 1 aromatic carbocycles. The number of ether oxygens (including phenoxy) is 1. The molecule has 0 atom stereocenters. The number of anilines is 1. The highest BCUT2D eigenvalue weighted by atomic mass is 79.9. The first-order valence-electron chi connectivity index (χ1n) is 7.06. The minimum atomic E-state index is -0.598. The first kappa shape index (κ1) is 17.7. The van der Waals surface area contributed by atoms with Crippen LogP contribution in [0.5, 0.6) is 0 Å². The predicted octanol–water partition coefficient (Wildman–Crippen LogP) is 5.40. The van der Waals surface area contributed by atoms with E-state index in [1.165, 1.54) is 11.3 Å². The second kappa shape index (κ2) is 6.84. The molecule has 1 N–H and O–H groups in total. The average molecular weight is 396 g/mol. The zero-order chi connectivity index (χ0) is 17.2. The summed E-state index contributed by atoms with van der Waals surface area (Å²) >= 11 is 4.64. The van der Waals surface area contributed by atoms with Crippen molar-refractivity contribution in [1.82, 2.24) is 0 Å². The van der Waals surface area contributed by atoms with Crippen LogP contribution in [0.2, 0.25) is 0 Å². The van der Waals surface area contributed by atoms with Gasteiger partial charge in [0.15, 0.2) is 5.78 Å². The normalized spacial score (nSPS) is 11.2. The minimum absolute atomic E-state index is 0.141. The third kappa shape index (κ3) is 4.91. The van der Waals surface area contributed by atoms with E-state index in [1.54, 1.807) is 39.0 Å². The number of hydrogen-bond donors (Lipinski definition) is 1. The summed E-state index contributed by atoms with van der Waals surface area (Å²) in [4.78, 5) is 24.6. The number of ketones is 1. The lowest BCUT2D eigenvalue weighted by molar-refractivity contribution is 0.0636. The minimum Gasteiger partial charge on any atom is -0.444 e. The molecule has 1 amide bonds. The van der Waals surface area contributed by atoms with E-state index >= 15 is 0 Å². The standard InChI is InChI=1S/C17H18BrNO3S/c1-10-5-7-11(8-6-10)14(20)12-9-13(18)23-15(12)19-16(21)22-17(2,3)4/h5-9H,1-4H3,(H,19,21). The van der Waals surface area contributed by atoms with Crippen LogP contribution in [-0.4, -0.2) is 17.5 Å². The van der Waals surface area contributed by atoms with Crippen LogP contribution in [0.1, 0.15) is 42.3 Å².